The van der Waals surface area contributed by atoms with Gasteiger partial charge in [0.25, 0.3) is 5.89 Å². The lowest BCUT2D eigenvalue weighted by Crippen LogP contribution is -2.39. The first-order valence-corrected chi connectivity index (χ1v) is 12.0. The van der Waals surface area contributed by atoms with Crippen LogP contribution in [0.4, 0.5) is 0 Å². The molecule has 0 saturated heterocycles. The summed E-state index contributed by atoms with van der Waals surface area (Å²) in [5, 5.41) is 18.7. The van der Waals surface area contributed by atoms with Crippen LogP contribution in [0.2, 0.25) is 0 Å². The zero-order chi connectivity index (χ0) is 24.6. The highest BCUT2D eigenvalue weighted by atomic mass is 16.4. The zero-order valence-corrected chi connectivity index (χ0v) is 19.7. The van der Waals surface area contributed by atoms with Crippen LogP contribution in [0.3, 0.4) is 0 Å². The molecule has 0 saturated carbocycles. The van der Waals surface area contributed by atoms with Crippen LogP contribution in [-0.4, -0.2) is 46.0 Å². The fourth-order valence-electron chi connectivity index (χ4n) is 4.07. The molecule has 0 aliphatic carbocycles. The van der Waals surface area contributed by atoms with E-state index in [9.17, 15) is 14.7 Å². The van der Waals surface area contributed by atoms with Crippen molar-refractivity contribution in [1.82, 2.24) is 25.9 Å². The van der Waals surface area contributed by atoms with Crippen LogP contribution < -0.4 is 16.0 Å². The number of aliphatic hydroxyl groups is 1. The number of aliphatic hydroxyl groups excluding tert-OH is 1. The minimum absolute atomic E-state index is 0.0675. The molecule has 9 heteroatoms. The predicted octanol–water partition coefficient (Wildman–Crippen LogP) is 2.96. The monoisotopic (exact) mass is 477 g/mol. The molecule has 9 nitrogen and oxygen atoms in total. The molecule has 3 aromatic rings. The van der Waals surface area contributed by atoms with Gasteiger partial charge in [-0.15, -0.1) is 0 Å². The SMILES string of the molecule is C=C(O)C(CCNC(=O)CCCCc1ccc2c(n1)CCNC2)NC(=O)c1nc2ccccc2o1. The van der Waals surface area contributed by atoms with Crippen LogP contribution >= 0.6 is 0 Å². The first-order valence-electron chi connectivity index (χ1n) is 12.0. The molecule has 35 heavy (non-hydrogen) atoms. The number of benzene rings is 1. The van der Waals surface area contributed by atoms with Gasteiger partial charge in [0.15, 0.2) is 5.58 Å². The molecule has 2 amide bonds. The number of rotatable bonds is 11. The fourth-order valence-corrected chi connectivity index (χ4v) is 4.07. The number of unbranched alkanes of at least 4 members (excludes halogenated alkanes) is 1. The topological polar surface area (TPSA) is 129 Å². The molecular weight excluding hydrogens is 446 g/mol. The molecule has 0 bridgehead atoms. The van der Waals surface area contributed by atoms with Crippen molar-refractivity contribution in [1.29, 1.82) is 0 Å². The molecule has 4 rings (SSSR count). The molecule has 0 radical (unpaired) electrons. The van der Waals surface area contributed by atoms with Crippen molar-refractivity contribution < 1.29 is 19.1 Å². The minimum atomic E-state index is -0.733. The number of oxazole rings is 1. The summed E-state index contributed by atoms with van der Waals surface area (Å²) in [6.07, 6.45) is 4.16. The van der Waals surface area contributed by atoms with Crippen LogP contribution in [-0.2, 0) is 24.2 Å². The highest BCUT2D eigenvalue weighted by molar-refractivity contribution is 5.92. The minimum Gasteiger partial charge on any atom is -0.511 e. The third-order valence-corrected chi connectivity index (χ3v) is 6.02. The lowest BCUT2D eigenvalue weighted by Gasteiger charge is -2.17. The molecule has 1 aliphatic heterocycles. The Balaban J connectivity index is 1.16. The van der Waals surface area contributed by atoms with E-state index in [4.69, 9.17) is 9.40 Å². The maximum Gasteiger partial charge on any atom is 0.307 e. The van der Waals surface area contributed by atoms with Gasteiger partial charge in [-0.2, -0.15) is 0 Å². The van der Waals surface area contributed by atoms with E-state index >= 15 is 0 Å². The van der Waals surface area contributed by atoms with Gasteiger partial charge in [-0.3, -0.25) is 14.6 Å². The van der Waals surface area contributed by atoms with Gasteiger partial charge in [-0.1, -0.05) is 24.8 Å². The Morgan fingerprint density at radius 3 is 2.86 bits per heavy atom. The number of aryl methyl sites for hydroxylation is 1. The Morgan fingerprint density at radius 2 is 2.03 bits per heavy atom. The van der Waals surface area contributed by atoms with Gasteiger partial charge in [0, 0.05) is 43.9 Å². The third kappa shape index (κ3) is 6.66. The average molecular weight is 478 g/mol. The second-order valence-corrected chi connectivity index (χ2v) is 8.69. The third-order valence-electron chi connectivity index (χ3n) is 6.02. The van der Waals surface area contributed by atoms with Crippen LogP contribution in [0.15, 0.2) is 53.2 Å². The highest BCUT2D eigenvalue weighted by Crippen LogP contribution is 2.16. The maximum absolute atomic E-state index is 12.5. The van der Waals surface area contributed by atoms with Gasteiger partial charge in [-0.05, 0) is 49.4 Å². The van der Waals surface area contributed by atoms with Crippen molar-refractivity contribution in [2.75, 3.05) is 13.1 Å². The van der Waals surface area contributed by atoms with Gasteiger partial charge in [0.05, 0.1) is 6.04 Å². The van der Waals surface area contributed by atoms with E-state index in [1.807, 2.05) is 0 Å². The van der Waals surface area contributed by atoms with Gasteiger partial charge in [0.1, 0.15) is 11.3 Å². The van der Waals surface area contributed by atoms with Crippen LogP contribution in [0.1, 0.15) is 53.3 Å². The molecule has 4 N–H and O–H groups in total. The predicted molar refractivity (Wildman–Crippen MR) is 132 cm³/mol. The summed E-state index contributed by atoms with van der Waals surface area (Å²) >= 11 is 0. The maximum atomic E-state index is 12.5. The number of nitrogens with zero attached hydrogens (tertiary/aromatic N) is 2. The summed E-state index contributed by atoms with van der Waals surface area (Å²) in [6.45, 7) is 5.67. The number of amides is 2. The van der Waals surface area contributed by atoms with Crippen LogP contribution in [0.5, 0.6) is 0 Å². The number of carbonyl (C=O) groups is 2. The fraction of sp³-hybridized carbons (Fsp3) is 0.385. The van der Waals surface area contributed by atoms with E-state index in [1.54, 1.807) is 24.3 Å². The smallest absolute Gasteiger partial charge is 0.307 e. The van der Waals surface area contributed by atoms with Gasteiger partial charge >= 0.3 is 5.91 Å². The Labute approximate surface area is 204 Å². The van der Waals surface area contributed by atoms with E-state index in [0.717, 1.165) is 44.5 Å². The summed E-state index contributed by atoms with van der Waals surface area (Å²) < 4.78 is 5.46. The van der Waals surface area contributed by atoms with Crippen molar-refractivity contribution in [2.45, 2.75) is 51.1 Å². The van der Waals surface area contributed by atoms with Gasteiger partial charge < -0.3 is 25.5 Å². The highest BCUT2D eigenvalue weighted by Gasteiger charge is 2.20. The van der Waals surface area contributed by atoms with Crippen molar-refractivity contribution in [3.8, 4) is 0 Å². The molecule has 1 atom stereocenters. The molecule has 2 aromatic heterocycles. The number of aromatic nitrogens is 2. The lowest BCUT2D eigenvalue weighted by molar-refractivity contribution is -0.121. The summed E-state index contributed by atoms with van der Waals surface area (Å²) in [6, 6.07) is 10.5. The Hall–Kier alpha value is -3.72. The van der Waals surface area contributed by atoms with Gasteiger partial charge in [0.2, 0.25) is 5.91 Å². The second kappa shape index (κ2) is 11.6. The average Bonchev–Trinajstić information content (AvgIpc) is 3.30. The Bertz CT molecular complexity index is 1170. The Kier molecular flexibility index (Phi) is 8.10. The summed E-state index contributed by atoms with van der Waals surface area (Å²) in [5.74, 6) is -0.912. The first-order chi connectivity index (χ1) is 17.0. The molecule has 0 spiro atoms. The molecular formula is C26H31N5O4. The molecule has 0 fully saturated rings. The Morgan fingerprint density at radius 1 is 1.17 bits per heavy atom. The number of fused-ring (bicyclic) bond motifs is 2. The number of pyridine rings is 1. The van der Waals surface area contributed by atoms with E-state index in [-0.39, 0.29) is 24.1 Å². The number of para-hydroxylation sites is 2. The van der Waals surface area contributed by atoms with E-state index in [0.29, 0.717) is 23.9 Å². The summed E-state index contributed by atoms with van der Waals surface area (Å²) in [4.78, 5) is 33.6. The van der Waals surface area contributed by atoms with Crippen molar-refractivity contribution in [3.05, 3.63) is 71.6 Å². The molecule has 1 aromatic carbocycles. The van der Waals surface area contributed by atoms with E-state index < -0.39 is 11.9 Å². The van der Waals surface area contributed by atoms with Gasteiger partial charge in [-0.25, -0.2) is 4.98 Å². The summed E-state index contributed by atoms with van der Waals surface area (Å²) in [7, 11) is 0. The number of hydrogen-bond donors (Lipinski definition) is 4. The molecule has 1 aliphatic rings. The summed E-state index contributed by atoms with van der Waals surface area (Å²) in [5.41, 5.74) is 4.61. The van der Waals surface area contributed by atoms with E-state index in [2.05, 4.69) is 39.6 Å². The largest absolute Gasteiger partial charge is 0.511 e. The van der Waals surface area contributed by atoms with Crippen molar-refractivity contribution in [3.63, 3.8) is 0 Å². The first kappa shape index (κ1) is 24.4. The number of nitrogens with one attached hydrogen (secondary N) is 3. The zero-order valence-electron chi connectivity index (χ0n) is 19.7. The van der Waals surface area contributed by atoms with E-state index in [1.165, 1.54) is 11.3 Å². The molecule has 1 unspecified atom stereocenters. The quantitative estimate of drug-likeness (QED) is 0.247. The molecule has 3 heterocycles. The van der Waals surface area contributed by atoms with Crippen molar-refractivity contribution >= 4 is 22.9 Å². The standard InChI is InChI=1S/C26H31N5O4/c1-17(32)20(30-25(34)26-31-22-7-3-4-8-23(22)35-26)13-15-28-24(33)9-5-2-6-19-11-10-18-16-27-14-12-21(18)29-19/h3-4,7-8,10-11,20,27,32H,1-2,5-6,9,12-16H2,(H,28,33)(H,30,34). The van der Waals surface area contributed by atoms with Crippen LogP contribution in [0.25, 0.3) is 11.1 Å². The lowest BCUT2D eigenvalue weighted by atomic mass is 10.0. The second-order valence-electron chi connectivity index (χ2n) is 8.69. The number of carbonyl (C=O) groups excluding carboxylic acids is 2. The molecule has 184 valence electrons. The van der Waals surface area contributed by atoms with Crippen LogP contribution in [0, 0.1) is 0 Å². The normalized spacial score (nSPS) is 13.7. The number of hydrogen-bond acceptors (Lipinski definition) is 7. The van der Waals surface area contributed by atoms with Crippen molar-refractivity contribution in [2.24, 2.45) is 0 Å².